The van der Waals surface area contributed by atoms with Gasteiger partial charge in [-0.3, -0.25) is 9.48 Å². The maximum atomic E-state index is 11.6. The van der Waals surface area contributed by atoms with Crippen LogP contribution in [0.25, 0.3) is 21.3 Å². The number of nitrogens with one attached hydrogen (secondary N) is 1. The molecule has 148 valence electrons. The average Bonchev–Trinajstić information content (AvgIpc) is 3.32. The number of hydrogen-bond acceptors (Lipinski definition) is 5. The number of fused-ring (bicyclic) bond motifs is 1. The van der Waals surface area contributed by atoms with E-state index < -0.39 is 0 Å². The molecule has 0 saturated carbocycles. The number of hydrogen-bond donors (Lipinski definition) is 1. The molecule has 1 N–H and O–H groups in total. The quantitative estimate of drug-likeness (QED) is 0.718. The molecule has 1 unspecified atom stereocenters. The number of ether oxygens (including phenoxy) is 1. The summed E-state index contributed by atoms with van der Waals surface area (Å²) in [5.41, 5.74) is 2.94. The van der Waals surface area contributed by atoms with Gasteiger partial charge in [0.1, 0.15) is 11.9 Å². The summed E-state index contributed by atoms with van der Waals surface area (Å²) in [7, 11) is 0. The maximum Gasteiger partial charge on any atom is 0.220 e. The average molecular weight is 399 g/mol. The zero-order valence-electron chi connectivity index (χ0n) is 16.9. The van der Waals surface area contributed by atoms with E-state index in [0.29, 0.717) is 13.0 Å². The fraction of sp³-hybridized carbons (Fsp3) is 0.476. The number of aryl methyl sites for hydroxylation is 1. The van der Waals surface area contributed by atoms with Crippen molar-refractivity contribution in [2.24, 2.45) is 5.92 Å². The first-order valence-electron chi connectivity index (χ1n) is 9.61. The molecule has 1 saturated heterocycles. The zero-order chi connectivity index (χ0) is 20.1. The minimum absolute atomic E-state index is 0.0582. The largest absolute Gasteiger partial charge is 0.489 e. The Balaban J connectivity index is 1.71. The molecule has 3 heterocycles. The molecule has 0 aliphatic carbocycles. The highest BCUT2D eigenvalue weighted by atomic mass is 32.1. The number of carbonyl (C=O) groups excluding carboxylic acids is 1. The van der Waals surface area contributed by atoms with E-state index in [0.717, 1.165) is 32.1 Å². The first-order chi connectivity index (χ1) is 13.2. The molecule has 4 rings (SSSR count). The molecular formula is C21H26N4O2S. The van der Waals surface area contributed by atoms with Crippen LogP contribution in [0, 0.1) is 12.8 Å². The van der Waals surface area contributed by atoms with Crippen LogP contribution in [0.2, 0.25) is 0 Å². The van der Waals surface area contributed by atoms with Gasteiger partial charge in [0.25, 0.3) is 0 Å². The number of amides is 1. The van der Waals surface area contributed by atoms with Crippen molar-refractivity contribution in [3.63, 3.8) is 0 Å². The lowest BCUT2D eigenvalue weighted by Crippen LogP contribution is -2.25. The molecule has 0 spiro atoms. The van der Waals surface area contributed by atoms with Crippen LogP contribution >= 0.6 is 11.3 Å². The Kier molecular flexibility index (Phi) is 4.65. The number of nitrogens with zero attached hydrogens (tertiary/aromatic N) is 3. The Labute approximate surface area is 168 Å². The van der Waals surface area contributed by atoms with Gasteiger partial charge in [0.15, 0.2) is 0 Å². The molecule has 1 aliphatic heterocycles. The fourth-order valence-electron chi connectivity index (χ4n) is 3.46. The van der Waals surface area contributed by atoms with E-state index in [2.05, 4.69) is 54.5 Å². The van der Waals surface area contributed by atoms with Crippen LogP contribution in [0.1, 0.15) is 39.1 Å². The van der Waals surface area contributed by atoms with Crippen LogP contribution in [0.3, 0.4) is 0 Å². The molecule has 3 aromatic rings. The van der Waals surface area contributed by atoms with E-state index in [-0.39, 0.29) is 23.5 Å². The summed E-state index contributed by atoms with van der Waals surface area (Å²) in [4.78, 5) is 16.2. The lowest BCUT2D eigenvalue weighted by atomic mass is 10.0. The molecule has 0 radical (unpaired) electrons. The number of rotatable bonds is 4. The Morgan fingerprint density at radius 1 is 1.32 bits per heavy atom. The van der Waals surface area contributed by atoms with Gasteiger partial charge in [-0.2, -0.15) is 5.10 Å². The molecule has 0 bridgehead atoms. The molecule has 7 heteroatoms. The van der Waals surface area contributed by atoms with Gasteiger partial charge in [-0.1, -0.05) is 0 Å². The summed E-state index contributed by atoms with van der Waals surface area (Å²) >= 11 is 1.64. The highest BCUT2D eigenvalue weighted by molar-refractivity contribution is 7.18. The summed E-state index contributed by atoms with van der Waals surface area (Å²) in [6.45, 7) is 11.1. The van der Waals surface area contributed by atoms with Crippen molar-refractivity contribution in [1.29, 1.82) is 0 Å². The van der Waals surface area contributed by atoms with E-state index in [1.54, 1.807) is 11.3 Å². The molecule has 1 fully saturated rings. The smallest absolute Gasteiger partial charge is 0.220 e. The summed E-state index contributed by atoms with van der Waals surface area (Å²) in [6.07, 6.45) is 4.41. The lowest BCUT2D eigenvalue weighted by Gasteiger charge is -2.20. The van der Waals surface area contributed by atoms with Gasteiger partial charge in [0, 0.05) is 30.6 Å². The van der Waals surface area contributed by atoms with Crippen molar-refractivity contribution in [1.82, 2.24) is 20.1 Å². The summed E-state index contributed by atoms with van der Waals surface area (Å²) in [5, 5.41) is 8.42. The molecule has 6 nitrogen and oxygen atoms in total. The fourth-order valence-corrected chi connectivity index (χ4v) is 4.32. The molecule has 2 atom stereocenters. The summed E-state index contributed by atoms with van der Waals surface area (Å²) in [6, 6.07) is 4.17. The molecule has 2 aromatic heterocycles. The van der Waals surface area contributed by atoms with Crippen molar-refractivity contribution < 1.29 is 9.53 Å². The second-order valence-corrected chi connectivity index (χ2v) is 9.69. The van der Waals surface area contributed by atoms with Gasteiger partial charge in [-0.25, -0.2) is 4.98 Å². The van der Waals surface area contributed by atoms with Crippen molar-refractivity contribution in [3.8, 4) is 16.9 Å². The first-order valence-corrected chi connectivity index (χ1v) is 10.4. The van der Waals surface area contributed by atoms with Crippen LogP contribution in [-0.2, 0) is 10.3 Å². The first kappa shape index (κ1) is 18.9. The number of thiazole rings is 1. The highest BCUT2D eigenvalue weighted by Crippen LogP contribution is 2.37. The van der Waals surface area contributed by atoms with Crippen molar-refractivity contribution >= 4 is 27.5 Å². The zero-order valence-corrected chi connectivity index (χ0v) is 17.8. The predicted octanol–water partition coefficient (Wildman–Crippen LogP) is 4.13. The SMILES string of the molecule is Cc1nc2cc(-c3cnn(C(C)(C)C)c3)cc(O[C@H](C)C3CNC(=O)C3)c2s1. The topological polar surface area (TPSA) is 69.0 Å². The molecule has 1 aliphatic rings. The van der Waals surface area contributed by atoms with Crippen LogP contribution < -0.4 is 10.1 Å². The van der Waals surface area contributed by atoms with Crippen molar-refractivity contribution in [2.45, 2.75) is 52.7 Å². The third kappa shape index (κ3) is 3.63. The van der Waals surface area contributed by atoms with Crippen molar-refractivity contribution in [2.75, 3.05) is 6.54 Å². The maximum absolute atomic E-state index is 11.6. The lowest BCUT2D eigenvalue weighted by molar-refractivity contribution is -0.119. The van der Waals surface area contributed by atoms with E-state index in [9.17, 15) is 4.79 Å². The second-order valence-electron chi connectivity index (χ2n) is 8.49. The molecular weight excluding hydrogens is 372 g/mol. The van der Waals surface area contributed by atoms with E-state index >= 15 is 0 Å². The summed E-state index contributed by atoms with van der Waals surface area (Å²) in [5.74, 6) is 1.11. The number of aromatic nitrogens is 3. The van der Waals surface area contributed by atoms with Gasteiger partial charge in [-0.05, 0) is 52.3 Å². The van der Waals surface area contributed by atoms with Crippen molar-refractivity contribution in [3.05, 3.63) is 29.5 Å². The summed E-state index contributed by atoms with van der Waals surface area (Å²) < 4.78 is 9.38. The third-order valence-electron chi connectivity index (χ3n) is 5.15. The minimum Gasteiger partial charge on any atom is -0.489 e. The van der Waals surface area contributed by atoms with Crippen LogP contribution in [0.4, 0.5) is 0 Å². The number of benzene rings is 1. The van der Waals surface area contributed by atoms with Gasteiger partial charge in [0.2, 0.25) is 5.91 Å². The Bertz CT molecular complexity index is 1030. The van der Waals surface area contributed by atoms with Gasteiger partial charge >= 0.3 is 0 Å². The monoisotopic (exact) mass is 398 g/mol. The highest BCUT2D eigenvalue weighted by Gasteiger charge is 2.28. The molecule has 1 aromatic carbocycles. The standard InChI is InChI=1S/C21H26N4O2S/c1-12(15-8-19(26)22-9-15)27-18-7-14(6-17-20(18)28-13(2)24-17)16-10-23-25(11-16)21(3,4)5/h6-7,10-12,15H,8-9H2,1-5H3,(H,22,26)/t12-,15?/m1/s1. The van der Waals surface area contributed by atoms with Gasteiger partial charge < -0.3 is 10.1 Å². The third-order valence-corrected chi connectivity index (χ3v) is 6.15. The predicted molar refractivity (Wildman–Crippen MR) is 112 cm³/mol. The Morgan fingerprint density at radius 3 is 2.75 bits per heavy atom. The number of carbonyl (C=O) groups is 1. The van der Waals surface area contributed by atoms with E-state index in [1.165, 1.54) is 0 Å². The van der Waals surface area contributed by atoms with Gasteiger partial charge in [-0.15, -0.1) is 11.3 Å². The molecule has 1 amide bonds. The minimum atomic E-state index is -0.0740. The Morgan fingerprint density at radius 2 is 2.11 bits per heavy atom. The second kappa shape index (κ2) is 6.88. The normalized spacial score (nSPS) is 18.5. The Hall–Kier alpha value is -2.41. The van der Waals surface area contributed by atoms with Crippen LogP contribution in [0.5, 0.6) is 5.75 Å². The van der Waals surface area contributed by atoms with E-state index in [4.69, 9.17) is 4.74 Å². The van der Waals surface area contributed by atoms with Gasteiger partial charge in [0.05, 0.1) is 27.0 Å². The van der Waals surface area contributed by atoms with Crippen LogP contribution in [-0.4, -0.2) is 33.3 Å². The van der Waals surface area contributed by atoms with E-state index in [1.807, 2.05) is 24.7 Å². The van der Waals surface area contributed by atoms with Crippen LogP contribution in [0.15, 0.2) is 24.5 Å². The molecule has 28 heavy (non-hydrogen) atoms.